The molecule has 12 heteroatoms. The average molecular weight is 727 g/mol. The van der Waals surface area contributed by atoms with Crippen molar-refractivity contribution < 1.29 is 9.59 Å². The summed E-state index contributed by atoms with van der Waals surface area (Å²) in [7, 11) is 1.66. The number of amides is 2. The molecule has 0 atom stereocenters. The fourth-order valence-electron chi connectivity index (χ4n) is 8.33. The van der Waals surface area contributed by atoms with Crippen molar-refractivity contribution in [1.29, 1.82) is 0 Å². The summed E-state index contributed by atoms with van der Waals surface area (Å²) in [6.07, 6.45) is 5.02. The van der Waals surface area contributed by atoms with Crippen LogP contribution in [-0.2, 0) is 9.59 Å². The van der Waals surface area contributed by atoms with E-state index in [-0.39, 0.29) is 42.3 Å². The second-order valence-electron chi connectivity index (χ2n) is 15.6. The number of likely N-dealkylation sites (N-methyl/N-ethyl adjacent to an activating group) is 1. The van der Waals surface area contributed by atoms with Gasteiger partial charge in [0.15, 0.2) is 0 Å². The van der Waals surface area contributed by atoms with E-state index in [0.29, 0.717) is 46.6 Å². The molecule has 2 aliphatic rings. The number of pyridine rings is 1. The van der Waals surface area contributed by atoms with Gasteiger partial charge in [0.1, 0.15) is 13.7 Å². The molecule has 1 saturated heterocycles. The molecule has 3 N–H and O–H groups in total. The molecule has 0 spiro atoms. The van der Waals surface area contributed by atoms with E-state index < -0.39 is 8.07 Å². The summed E-state index contributed by atoms with van der Waals surface area (Å²) < 4.78 is 1.82. The van der Waals surface area contributed by atoms with Crippen LogP contribution in [0.25, 0.3) is 11.0 Å². The van der Waals surface area contributed by atoms with Gasteiger partial charge in [-0.05, 0) is 73.6 Å². The molecule has 2 aromatic heterocycles. The number of anilines is 3. The van der Waals surface area contributed by atoms with Crippen LogP contribution in [0.3, 0.4) is 0 Å². The van der Waals surface area contributed by atoms with E-state index in [1.165, 1.54) is 5.69 Å². The zero-order valence-electron chi connectivity index (χ0n) is 32.4. The SMILES string of the molecule is CNC(=O)CCC(=O)NC1CCC(n2c(=O)cc(C#C[Si](C(C)C)(C(C)C)C(C)C)c3cnc(Nc4ccc(N5CCN(C)CC5)cc4)nc32)CC1. The van der Waals surface area contributed by atoms with Gasteiger partial charge in [0.05, 0.1) is 5.39 Å². The topological polar surface area (TPSA) is 124 Å². The molecule has 1 aliphatic heterocycles. The number of carbonyl (C=O) groups excluding carboxylic acids is 2. The molecule has 280 valence electrons. The van der Waals surface area contributed by atoms with Gasteiger partial charge in [-0.1, -0.05) is 47.5 Å². The van der Waals surface area contributed by atoms with Crippen LogP contribution in [0.1, 0.15) is 91.7 Å². The molecule has 3 heterocycles. The van der Waals surface area contributed by atoms with Gasteiger partial charge in [0.25, 0.3) is 5.56 Å². The number of benzene rings is 1. The lowest BCUT2D eigenvalue weighted by Crippen LogP contribution is -2.44. The highest BCUT2D eigenvalue weighted by Gasteiger charge is 2.41. The van der Waals surface area contributed by atoms with Crippen LogP contribution in [0.5, 0.6) is 0 Å². The molecule has 0 bridgehead atoms. The van der Waals surface area contributed by atoms with Crippen molar-refractivity contribution >= 4 is 48.2 Å². The minimum atomic E-state index is -2.07. The number of hydrogen-bond donors (Lipinski definition) is 3. The van der Waals surface area contributed by atoms with E-state index in [9.17, 15) is 14.4 Å². The lowest BCUT2D eigenvalue weighted by Gasteiger charge is -2.38. The lowest BCUT2D eigenvalue weighted by molar-refractivity contribution is -0.126. The summed E-state index contributed by atoms with van der Waals surface area (Å²) in [6, 6.07) is 9.95. The van der Waals surface area contributed by atoms with Gasteiger partial charge >= 0.3 is 0 Å². The van der Waals surface area contributed by atoms with Crippen LogP contribution in [-0.4, -0.2) is 85.6 Å². The third-order valence-corrected chi connectivity index (χ3v) is 17.6. The number of nitrogens with zero attached hydrogens (tertiary/aromatic N) is 5. The molecule has 0 unspecified atom stereocenters. The molecule has 5 rings (SSSR count). The van der Waals surface area contributed by atoms with E-state index in [0.717, 1.165) is 50.1 Å². The molecule has 11 nitrogen and oxygen atoms in total. The third-order valence-electron chi connectivity index (χ3n) is 11.3. The average Bonchev–Trinajstić information content (AvgIpc) is 3.11. The first-order valence-electron chi connectivity index (χ1n) is 19.1. The Morgan fingerprint density at radius 3 is 2.12 bits per heavy atom. The first-order valence-corrected chi connectivity index (χ1v) is 21.3. The van der Waals surface area contributed by atoms with Crippen LogP contribution in [0.4, 0.5) is 17.3 Å². The molecular formula is C40H58N8O3Si. The maximum atomic E-state index is 14.1. The predicted octanol–water partition coefficient (Wildman–Crippen LogP) is 5.98. The van der Waals surface area contributed by atoms with E-state index >= 15 is 0 Å². The van der Waals surface area contributed by atoms with E-state index in [4.69, 9.17) is 9.97 Å². The maximum absolute atomic E-state index is 14.1. The van der Waals surface area contributed by atoms with E-state index in [2.05, 4.69) is 97.9 Å². The monoisotopic (exact) mass is 726 g/mol. The highest BCUT2D eigenvalue weighted by molar-refractivity contribution is 6.90. The van der Waals surface area contributed by atoms with Crippen LogP contribution in [0.15, 0.2) is 41.3 Å². The minimum absolute atomic E-state index is 0.00222. The highest BCUT2D eigenvalue weighted by atomic mass is 28.3. The molecule has 2 amide bonds. The van der Waals surface area contributed by atoms with Crippen LogP contribution >= 0.6 is 0 Å². The number of hydrogen-bond acceptors (Lipinski definition) is 8. The number of aromatic nitrogens is 3. The Labute approximate surface area is 310 Å². The van der Waals surface area contributed by atoms with Gasteiger partial charge < -0.3 is 25.8 Å². The quantitative estimate of drug-likeness (QED) is 0.163. The van der Waals surface area contributed by atoms with Gasteiger partial charge in [0.2, 0.25) is 17.8 Å². The summed E-state index contributed by atoms with van der Waals surface area (Å²) in [6.45, 7) is 17.8. The molecule has 2 fully saturated rings. The van der Waals surface area contributed by atoms with Crippen molar-refractivity contribution in [3.8, 4) is 11.5 Å². The number of nitrogens with one attached hydrogen (secondary N) is 3. The molecule has 0 radical (unpaired) electrons. The van der Waals surface area contributed by atoms with Gasteiger partial charge in [0, 0.05) is 87.4 Å². The van der Waals surface area contributed by atoms with Crippen LogP contribution < -0.4 is 26.4 Å². The highest BCUT2D eigenvalue weighted by Crippen LogP contribution is 2.41. The van der Waals surface area contributed by atoms with Crippen molar-refractivity contribution in [3.63, 3.8) is 0 Å². The van der Waals surface area contributed by atoms with Crippen molar-refractivity contribution in [2.24, 2.45) is 0 Å². The number of fused-ring (bicyclic) bond motifs is 1. The Kier molecular flexibility index (Phi) is 12.8. The second-order valence-corrected chi connectivity index (χ2v) is 21.1. The molecule has 1 saturated carbocycles. The zero-order valence-corrected chi connectivity index (χ0v) is 33.4. The molecule has 1 aromatic carbocycles. The Morgan fingerprint density at radius 2 is 1.52 bits per heavy atom. The minimum Gasteiger partial charge on any atom is -0.369 e. The summed E-state index contributed by atoms with van der Waals surface area (Å²) >= 11 is 0. The maximum Gasteiger partial charge on any atom is 0.253 e. The third kappa shape index (κ3) is 8.86. The Balaban J connectivity index is 1.46. The van der Waals surface area contributed by atoms with Gasteiger partial charge in [-0.15, -0.1) is 5.54 Å². The normalized spacial score (nSPS) is 18.4. The van der Waals surface area contributed by atoms with Crippen molar-refractivity contribution in [1.82, 2.24) is 30.1 Å². The summed E-state index contributed by atoms with van der Waals surface area (Å²) in [4.78, 5) is 52.7. The second kappa shape index (κ2) is 17.1. The standard InChI is InChI=1S/C40H58N8O3Si/c1-27(2)52(28(3)4,29(5)6)24-19-30-25-38(51)48(34-15-11-31(12-16-34)43-37(50)18-17-36(49)41-7)39-35(30)26-42-40(45-39)44-32-9-13-33(14-10-32)47-22-20-46(8)21-23-47/h9-10,13-14,25-29,31,34H,11-12,15-18,20-23H2,1-8H3,(H,41,49)(H,43,50)(H,42,44,45). The number of carbonyl (C=O) groups is 2. The van der Waals surface area contributed by atoms with Gasteiger partial charge in [-0.25, -0.2) is 4.98 Å². The van der Waals surface area contributed by atoms with Crippen LogP contribution in [0.2, 0.25) is 16.6 Å². The predicted molar refractivity (Wildman–Crippen MR) is 214 cm³/mol. The summed E-state index contributed by atoms with van der Waals surface area (Å²) in [5.41, 5.74) is 8.37. The summed E-state index contributed by atoms with van der Waals surface area (Å²) in [5, 5.41) is 9.81. The molecule has 52 heavy (non-hydrogen) atoms. The number of rotatable bonds is 11. The van der Waals surface area contributed by atoms with E-state index in [1.54, 1.807) is 13.1 Å². The Hall–Kier alpha value is -4.21. The smallest absolute Gasteiger partial charge is 0.253 e. The first kappa shape index (κ1) is 39.0. The fraction of sp³-hybridized carbons (Fsp3) is 0.575. The van der Waals surface area contributed by atoms with Crippen LogP contribution in [0, 0.1) is 11.5 Å². The molecule has 1 aliphatic carbocycles. The van der Waals surface area contributed by atoms with Gasteiger partial charge in [-0.3, -0.25) is 19.0 Å². The Bertz CT molecular complexity index is 1810. The van der Waals surface area contributed by atoms with Crippen molar-refractivity contribution in [2.45, 2.75) is 109 Å². The van der Waals surface area contributed by atoms with Crippen molar-refractivity contribution in [2.75, 3.05) is 50.5 Å². The Morgan fingerprint density at radius 1 is 0.904 bits per heavy atom. The fourth-order valence-corrected chi connectivity index (χ4v) is 13.5. The summed E-state index contributed by atoms with van der Waals surface area (Å²) in [5.74, 6) is 3.67. The molecular weight excluding hydrogens is 669 g/mol. The largest absolute Gasteiger partial charge is 0.369 e. The van der Waals surface area contributed by atoms with Gasteiger partial charge in [-0.2, -0.15) is 4.98 Å². The van der Waals surface area contributed by atoms with Crippen molar-refractivity contribution in [3.05, 3.63) is 52.4 Å². The zero-order chi connectivity index (χ0) is 37.6. The first-order chi connectivity index (χ1) is 24.8. The lowest BCUT2D eigenvalue weighted by atomic mass is 9.90. The molecule has 3 aromatic rings. The number of piperazine rings is 1. The van der Waals surface area contributed by atoms with E-state index in [1.807, 2.05) is 22.9 Å².